The normalized spacial score (nSPS) is 15.2. The Morgan fingerprint density at radius 2 is 1.46 bits per heavy atom. The largest absolute Gasteiger partial charge is 0.309 e. The lowest BCUT2D eigenvalue weighted by atomic mass is 10.0. The number of rotatable bonds is 12. The standard InChI is InChI=1S/C31H46N6/c1-33(2)17-7-10-26-13-15-28(16-14-26)31-29(11-8-18-34(3)4)25-37(32-31)30-12-6-9-27(23-30)24-36-21-19-35(5)20-22-36/h6,9,12-16,23,25H,7-8,10-11,17-22,24H2,1-5H3. The van der Waals surface area contributed by atoms with Crippen molar-refractivity contribution in [3.8, 4) is 16.9 Å². The maximum Gasteiger partial charge on any atom is 0.0959 e. The van der Waals surface area contributed by atoms with E-state index in [4.69, 9.17) is 5.10 Å². The SMILES string of the molecule is CN(C)CCCc1ccc(-c2nn(-c3cccc(CN4CCN(C)CC4)c3)cc2CCCN(C)C)cc1. The number of nitrogens with zero attached hydrogens (tertiary/aromatic N) is 6. The Bertz CT molecular complexity index is 1090. The molecule has 1 aliphatic heterocycles. The minimum absolute atomic E-state index is 1.00. The number of aryl methyl sites for hydroxylation is 2. The van der Waals surface area contributed by atoms with Gasteiger partial charge in [0.1, 0.15) is 0 Å². The molecule has 0 atom stereocenters. The molecule has 1 saturated heterocycles. The Morgan fingerprint density at radius 3 is 2.14 bits per heavy atom. The van der Waals surface area contributed by atoms with Gasteiger partial charge in [-0.15, -0.1) is 0 Å². The molecule has 1 fully saturated rings. The number of likely N-dealkylation sites (N-methyl/N-ethyl adjacent to an activating group) is 1. The number of hydrogen-bond donors (Lipinski definition) is 0. The molecular weight excluding hydrogens is 456 g/mol. The summed E-state index contributed by atoms with van der Waals surface area (Å²) in [6.07, 6.45) is 6.70. The summed E-state index contributed by atoms with van der Waals surface area (Å²) in [7, 11) is 10.8. The van der Waals surface area contributed by atoms with Crippen LogP contribution in [-0.2, 0) is 19.4 Å². The van der Waals surface area contributed by atoms with Crippen LogP contribution in [0.15, 0.2) is 54.7 Å². The molecule has 0 spiro atoms. The highest BCUT2D eigenvalue weighted by Crippen LogP contribution is 2.26. The predicted octanol–water partition coefficient (Wildman–Crippen LogP) is 4.28. The first kappa shape index (κ1) is 27.5. The predicted molar refractivity (Wildman–Crippen MR) is 156 cm³/mol. The number of hydrogen-bond acceptors (Lipinski definition) is 5. The lowest BCUT2D eigenvalue weighted by Crippen LogP contribution is -2.43. The molecule has 0 unspecified atom stereocenters. The summed E-state index contributed by atoms with van der Waals surface area (Å²) in [5, 5.41) is 5.14. The average Bonchev–Trinajstić information content (AvgIpc) is 3.30. The quantitative estimate of drug-likeness (QED) is 0.369. The molecule has 200 valence electrons. The fraction of sp³-hybridized carbons (Fsp3) is 0.516. The molecule has 0 bridgehead atoms. The summed E-state index contributed by atoms with van der Waals surface area (Å²) in [5.74, 6) is 0. The van der Waals surface area contributed by atoms with Gasteiger partial charge in [-0.25, -0.2) is 4.68 Å². The van der Waals surface area contributed by atoms with Crippen molar-refractivity contribution in [2.24, 2.45) is 0 Å². The Morgan fingerprint density at radius 1 is 0.784 bits per heavy atom. The van der Waals surface area contributed by atoms with Crippen molar-refractivity contribution in [2.45, 2.75) is 32.2 Å². The van der Waals surface area contributed by atoms with E-state index in [0.29, 0.717) is 0 Å². The van der Waals surface area contributed by atoms with Gasteiger partial charge in [0.25, 0.3) is 0 Å². The van der Waals surface area contributed by atoms with Gasteiger partial charge in [-0.2, -0.15) is 5.10 Å². The fourth-order valence-corrected chi connectivity index (χ4v) is 5.04. The molecular formula is C31H46N6. The molecule has 0 N–H and O–H groups in total. The van der Waals surface area contributed by atoms with Crippen molar-refractivity contribution in [1.29, 1.82) is 0 Å². The fourth-order valence-electron chi connectivity index (χ4n) is 5.04. The van der Waals surface area contributed by atoms with Crippen molar-refractivity contribution >= 4 is 0 Å². The van der Waals surface area contributed by atoms with E-state index in [2.05, 4.69) is 114 Å². The number of benzene rings is 2. The summed E-state index contributed by atoms with van der Waals surface area (Å²) in [5.41, 5.74) is 7.55. The lowest BCUT2D eigenvalue weighted by molar-refractivity contribution is 0.148. The van der Waals surface area contributed by atoms with Crippen molar-refractivity contribution < 1.29 is 0 Å². The molecule has 0 radical (unpaired) electrons. The first-order valence-corrected chi connectivity index (χ1v) is 13.8. The third-order valence-corrected chi connectivity index (χ3v) is 7.32. The van der Waals surface area contributed by atoms with Gasteiger partial charge in [-0.3, -0.25) is 4.90 Å². The number of aromatic nitrogens is 2. The molecule has 4 rings (SSSR count). The summed E-state index contributed by atoms with van der Waals surface area (Å²) < 4.78 is 2.10. The van der Waals surface area contributed by atoms with Gasteiger partial charge in [0.05, 0.1) is 11.4 Å². The Balaban J connectivity index is 1.53. The molecule has 6 heteroatoms. The van der Waals surface area contributed by atoms with Gasteiger partial charge >= 0.3 is 0 Å². The van der Waals surface area contributed by atoms with Crippen LogP contribution in [0.25, 0.3) is 16.9 Å². The summed E-state index contributed by atoms with van der Waals surface area (Å²) in [6, 6.07) is 18.0. The van der Waals surface area contributed by atoms with Crippen LogP contribution in [0.3, 0.4) is 0 Å². The van der Waals surface area contributed by atoms with E-state index >= 15 is 0 Å². The van der Waals surface area contributed by atoms with E-state index in [1.807, 2.05) is 0 Å². The van der Waals surface area contributed by atoms with E-state index in [1.54, 1.807) is 0 Å². The van der Waals surface area contributed by atoms with Crippen molar-refractivity contribution in [3.05, 3.63) is 71.4 Å². The average molecular weight is 503 g/mol. The van der Waals surface area contributed by atoms with E-state index in [0.717, 1.165) is 76.5 Å². The second-order valence-electron chi connectivity index (χ2n) is 11.2. The third-order valence-electron chi connectivity index (χ3n) is 7.32. The highest BCUT2D eigenvalue weighted by Gasteiger charge is 2.16. The molecule has 37 heavy (non-hydrogen) atoms. The highest BCUT2D eigenvalue weighted by atomic mass is 15.3. The Hall–Kier alpha value is -2.51. The van der Waals surface area contributed by atoms with Crippen molar-refractivity contribution in [3.63, 3.8) is 0 Å². The number of piperazine rings is 1. The van der Waals surface area contributed by atoms with Gasteiger partial charge < -0.3 is 14.7 Å². The van der Waals surface area contributed by atoms with Crippen LogP contribution in [0.5, 0.6) is 0 Å². The van der Waals surface area contributed by atoms with Gasteiger partial charge in [-0.05, 0) is 103 Å². The molecule has 0 saturated carbocycles. The first-order chi connectivity index (χ1) is 17.9. The maximum atomic E-state index is 5.14. The lowest BCUT2D eigenvalue weighted by Gasteiger charge is -2.32. The van der Waals surface area contributed by atoms with Crippen LogP contribution in [0.2, 0.25) is 0 Å². The van der Waals surface area contributed by atoms with Gasteiger partial charge in [-0.1, -0.05) is 36.4 Å². The molecule has 1 aliphatic rings. The monoisotopic (exact) mass is 502 g/mol. The van der Waals surface area contributed by atoms with Crippen molar-refractivity contribution in [2.75, 3.05) is 74.5 Å². The molecule has 6 nitrogen and oxygen atoms in total. The van der Waals surface area contributed by atoms with E-state index in [1.165, 1.54) is 28.7 Å². The van der Waals surface area contributed by atoms with Crippen LogP contribution in [0.4, 0.5) is 0 Å². The van der Waals surface area contributed by atoms with E-state index < -0.39 is 0 Å². The summed E-state index contributed by atoms with van der Waals surface area (Å²) in [6.45, 7) is 7.76. The van der Waals surface area contributed by atoms with Crippen LogP contribution < -0.4 is 0 Å². The zero-order valence-electron chi connectivity index (χ0n) is 23.7. The van der Waals surface area contributed by atoms with Gasteiger partial charge in [0, 0.05) is 44.5 Å². The summed E-state index contributed by atoms with van der Waals surface area (Å²) in [4.78, 5) is 9.47. The Kier molecular flexibility index (Phi) is 9.92. The van der Waals surface area contributed by atoms with Gasteiger partial charge in [0.2, 0.25) is 0 Å². The minimum atomic E-state index is 1.00. The highest BCUT2D eigenvalue weighted by molar-refractivity contribution is 5.63. The summed E-state index contributed by atoms with van der Waals surface area (Å²) >= 11 is 0. The third kappa shape index (κ3) is 8.24. The molecule has 0 aliphatic carbocycles. The second kappa shape index (κ2) is 13.3. The van der Waals surface area contributed by atoms with Crippen LogP contribution in [0.1, 0.15) is 29.5 Å². The van der Waals surface area contributed by atoms with Crippen LogP contribution >= 0.6 is 0 Å². The van der Waals surface area contributed by atoms with Gasteiger partial charge in [0.15, 0.2) is 0 Å². The topological polar surface area (TPSA) is 30.8 Å². The molecule has 2 aromatic carbocycles. The maximum absolute atomic E-state index is 5.14. The van der Waals surface area contributed by atoms with E-state index in [9.17, 15) is 0 Å². The minimum Gasteiger partial charge on any atom is -0.309 e. The zero-order chi connectivity index (χ0) is 26.2. The van der Waals surface area contributed by atoms with Crippen LogP contribution in [0, 0.1) is 0 Å². The molecule has 3 aromatic rings. The van der Waals surface area contributed by atoms with E-state index in [-0.39, 0.29) is 0 Å². The van der Waals surface area contributed by atoms with Crippen molar-refractivity contribution in [1.82, 2.24) is 29.4 Å². The smallest absolute Gasteiger partial charge is 0.0959 e. The Labute approximate surface area is 224 Å². The molecule has 0 amide bonds. The second-order valence-corrected chi connectivity index (χ2v) is 11.2. The molecule has 2 heterocycles. The molecule has 1 aromatic heterocycles. The first-order valence-electron chi connectivity index (χ1n) is 13.8. The zero-order valence-corrected chi connectivity index (χ0v) is 23.7. The van der Waals surface area contributed by atoms with Crippen LogP contribution in [-0.4, -0.2) is 104 Å².